The molecule has 1 aromatic carbocycles. The predicted octanol–water partition coefficient (Wildman–Crippen LogP) is 4.35. The number of ketones is 2. The number of esters is 1. The minimum Gasteiger partial charge on any atom is -0.454 e. The molecule has 142 valence electrons. The number of carbonyl (C=O) groups excluding carboxylic acids is 3. The number of Topliss-reactive ketones (excluding diaryl/α,β-unsaturated/α-hetero) is 2. The van der Waals surface area contributed by atoms with Gasteiger partial charge in [0, 0.05) is 22.8 Å². The highest BCUT2D eigenvalue weighted by Crippen LogP contribution is 2.45. The number of H-pyrrole nitrogens is 1. The van der Waals surface area contributed by atoms with Gasteiger partial charge in [-0.25, -0.2) is 4.79 Å². The lowest BCUT2D eigenvalue weighted by atomic mass is 10.1. The van der Waals surface area contributed by atoms with Crippen molar-refractivity contribution in [2.24, 2.45) is 0 Å². The molecule has 1 saturated heterocycles. The molecule has 0 saturated carbocycles. The van der Waals surface area contributed by atoms with Gasteiger partial charge in [-0.05, 0) is 44.0 Å². The Labute approximate surface area is 166 Å². The summed E-state index contributed by atoms with van der Waals surface area (Å²) < 4.78 is 5.59. The summed E-state index contributed by atoms with van der Waals surface area (Å²) in [4.78, 5) is 39.2. The Bertz CT molecular complexity index is 880. The van der Waals surface area contributed by atoms with Crippen LogP contribution in [-0.4, -0.2) is 40.6 Å². The normalized spacial score (nSPS) is 14.3. The Balaban J connectivity index is 1.62. The van der Waals surface area contributed by atoms with Crippen LogP contribution in [0.25, 0.3) is 0 Å². The van der Waals surface area contributed by atoms with Gasteiger partial charge >= 0.3 is 5.97 Å². The number of nitrogens with one attached hydrogen (secondary N) is 1. The molecule has 1 aliphatic heterocycles. The molecule has 2 heterocycles. The molecule has 0 amide bonds. The molecule has 1 aromatic heterocycles. The van der Waals surface area contributed by atoms with Crippen molar-refractivity contribution in [1.82, 2.24) is 4.98 Å². The number of hydrogen-bond donors (Lipinski definition) is 1. The van der Waals surface area contributed by atoms with E-state index in [1.807, 2.05) is 35.7 Å². The van der Waals surface area contributed by atoms with Gasteiger partial charge in [-0.1, -0.05) is 12.1 Å². The van der Waals surface area contributed by atoms with Crippen LogP contribution in [0.4, 0.5) is 0 Å². The largest absolute Gasteiger partial charge is 0.454 e. The average molecular weight is 404 g/mol. The average Bonchev–Trinajstić information content (AvgIpc) is 3.27. The first kappa shape index (κ1) is 19.8. The summed E-state index contributed by atoms with van der Waals surface area (Å²) in [6.45, 7) is 4.55. The fraction of sp³-hybridized carbons (Fsp3) is 0.350. The van der Waals surface area contributed by atoms with E-state index in [-0.39, 0.29) is 18.2 Å². The number of rotatable bonds is 6. The molecule has 0 spiro atoms. The molecule has 5 nitrogen and oxygen atoms in total. The van der Waals surface area contributed by atoms with Gasteiger partial charge in [0.25, 0.3) is 0 Å². The van der Waals surface area contributed by atoms with E-state index in [0.29, 0.717) is 32.7 Å². The van der Waals surface area contributed by atoms with Crippen molar-refractivity contribution in [2.75, 3.05) is 18.1 Å². The van der Waals surface area contributed by atoms with E-state index in [4.69, 9.17) is 4.74 Å². The number of thioether (sulfide) groups is 2. The van der Waals surface area contributed by atoms with Crippen LogP contribution in [0.2, 0.25) is 0 Å². The number of ether oxygens (including phenoxy) is 1. The molecule has 0 bridgehead atoms. The molecule has 27 heavy (non-hydrogen) atoms. The molecule has 2 aromatic rings. The Morgan fingerprint density at radius 3 is 2.30 bits per heavy atom. The highest BCUT2D eigenvalue weighted by molar-refractivity contribution is 8.19. The van der Waals surface area contributed by atoms with Crippen molar-refractivity contribution in [3.8, 4) is 0 Å². The van der Waals surface area contributed by atoms with Gasteiger partial charge in [0.1, 0.15) is 0 Å². The first-order valence-electron chi connectivity index (χ1n) is 8.62. The van der Waals surface area contributed by atoms with E-state index in [1.54, 1.807) is 26.0 Å². The molecule has 3 rings (SSSR count). The zero-order valence-electron chi connectivity index (χ0n) is 15.5. The summed E-state index contributed by atoms with van der Waals surface area (Å²) in [5.41, 5.74) is 3.68. The second-order valence-corrected chi connectivity index (χ2v) is 9.10. The molecular formula is C20H21NO4S2. The number of hydrogen-bond acceptors (Lipinski definition) is 6. The van der Waals surface area contributed by atoms with Crippen molar-refractivity contribution in [1.29, 1.82) is 0 Å². The lowest BCUT2D eigenvalue weighted by Gasteiger charge is -2.09. The van der Waals surface area contributed by atoms with Gasteiger partial charge < -0.3 is 9.72 Å². The van der Waals surface area contributed by atoms with Gasteiger partial charge in [0.15, 0.2) is 12.4 Å². The lowest BCUT2D eigenvalue weighted by Crippen LogP contribution is -2.15. The van der Waals surface area contributed by atoms with E-state index < -0.39 is 5.97 Å². The summed E-state index contributed by atoms with van der Waals surface area (Å²) in [7, 11) is 0. The Kier molecular flexibility index (Phi) is 6.11. The zero-order valence-corrected chi connectivity index (χ0v) is 17.1. The third-order valence-corrected chi connectivity index (χ3v) is 7.55. The van der Waals surface area contributed by atoms with Crippen molar-refractivity contribution in [2.45, 2.75) is 25.4 Å². The van der Waals surface area contributed by atoms with Crippen LogP contribution in [0.15, 0.2) is 24.3 Å². The maximum absolute atomic E-state index is 12.4. The maximum atomic E-state index is 12.4. The minimum absolute atomic E-state index is 0.101. The highest BCUT2D eigenvalue weighted by atomic mass is 32.2. The monoisotopic (exact) mass is 403 g/mol. The van der Waals surface area contributed by atoms with Crippen LogP contribution in [0.5, 0.6) is 0 Å². The van der Waals surface area contributed by atoms with Crippen molar-refractivity contribution < 1.29 is 19.1 Å². The van der Waals surface area contributed by atoms with Gasteiger partial charge in [0.05, 0.1) is 15.8 Å². The van der Waals surface area contributed by atoms with Gasteiger partial charge in [-0.2, -0.15) is 0 Å². The number of aromatic amines is 1. The lowest BCUT2D eigenvalue weighted by molar-refractivity contribution is 0.0473. The Morgan fingerprint density at radius 2 is 1.74 bits per heavy atom. The van der Waals surface area contributed by atoms with Crippen molar-refractivity contribution in [3.63, 3.8) is 0 Å². The molecule has 1 N–H and O–H groups in total. The fourth-order valence-electron chi connectivity index (χ4n) is 3.17. The molecule has 1 fully saturated rings. The van der Waals surface area contributed by atoms with Crippen molar-refractivity contribution >= 4 is 41.1 Å². The van der Waals surface area contributed by atoms with Crippen LogP contribution in [0.1, 0.15) is 59.5 Å². The molecule has 0 radical (unpaired) electrons. The van der Waals surface area contributed by atoms with Gasteiger partial charge in [-0.3, -0.25) is 9.59 Å². The van der Waals surface area contributed by atoms with E-state index in [1.165, 1.54) is 12.5 Å². The summed E-state index contributed by atoms with van der Waals surface area (Å²) in [5, 5.41) is 0. The maximum Gasteiger partial charge on any atom is 0.338 e. The summed E-state index contributed by atoms with van der Waals surface area (Å²) in [5.74, 6) is 1.30. The highest BCUT2D eigenvalue weighted by Gasteiger charge is 2.22. The number of carbonyl (C=O) groups is 3. The first-order chi connectivity index (χ1) is 12.9. The SMILES string of the molecule is CC(=O)c1c(C)[nH]c(C(=O)COC(=O)c2ccc(C3SCCS3)cc2)c1C. The predicted molar refractivity (Wildman–Crippen MR) is 109 cm³/mol. The quantitative estimate of drug-likeness (QED) is 0.571. The Hall–Kier alpha value is -1.99. The Morgan fingerprint density at radius 1 is 1.11 bits per heavy atom. The summed E-state index contributed by atoms with van der Waals surface area (Å²) in [6.07, 6.45) is 0. The van der Waals surface area contributed by atoms with Crippen LogP contribution in [0, 0.1) is 13.8 Å². The summed E-state index contributed by atoms with van der Waals surface area (Å²) >= 11 is 3.81. The van der Waals surface area contributed by atoms with Gasteiger partial charge in [-0.15, -0.1) is 23.5 Å². The van der Waals surface area contributed by atoms with E-state index in [0.717, 1.165) is 11.5 Å². The molecule has 1 aliphatic rings. The van der Waals surface area contributed by atoms with Crippen LogP contribution in [0.3, 0.4) is 0 Å². The van der Waals surface area contributed by atoms with Crippen LogP contribution in [-0.2, 0) is 4.74 Å². The number of aromatic nitrogens is 1. The van der Waals surface area contributed by atoms with E-state index >= 15 is 0 Å². The molecule has 0 unspecified atom stereocenters. The zero-order chi connectivity index (χ0) is 19.6. The molecule has 0 atom stereocenters. The fourth-order valence-corrected chi connectivity index (χ4v) is 6.03. The third kappa shape index (κ3) is 4.30. The third-order valence-electron chi connectivity index (χ3n) is 4.44. The molecular weight excluding hydrogens is 382 g/mol. The summed E-state index contributed by atoms with van der Waals surface area (Å²) in [6, 6.07) is 7.34. The first-order valence-corrected chi connectivity index (χ1v) is 10.7. The standard InChI is InChI=1S/C20H21NO4S2/c1-11-17(13(3)22)12(2)21-18(11)16(23)10-25-19(24)14-4-6-15(7-5-14)20-26-8-9-27-20/h4-7,20-21H,8-10H2,1-3H3. The van der Waals surface area contributed by atoms with Crippen LogP contribution >= 0.6 is 23.5 Å². The minimum atomic E-state index is -0.533. The van der Waals surface area contributed by atoms with E-state index in [2.05, 4.69) is 4.98 Å². The topological polar surface area (TPSA) is 76.2 Å². The van der Waals surface area contributed by atoms with Crippen LogP contribution < -0.4 is 0 Å². The molecule has 7 heteroatoms. The van der Waals surface area contributed by atoms with Crippen molar-refractivity contribution in [3.05, 3.63) is 57.9 Å². The second kappa shape index (κ2) is 8.35. The number of aryl methyl sites for hydroxylation is 1. The van der Waals surface area contributed by atoms with Gasteiger partial charge in [0.2, 0.25) is 5.78 Å². The number of benzene rings is 1. The smallest absolute Gasteiger partial charge is 0.338 e. The second-order valence-electron chi connectivity index (χ2n) is 6.38. The van der Waals surface area contributed by atoms with E-state index in [9.17, 15) is 14.4 Å². The molecule has 0 aliphatic carbocycles.